The molecule has 0 unspecified atom stereocenters. The highest BCUT2D eigenvalue weighted by Gasteiger charge is 2.07. The number of aryl methyl sites for hydroxylation is 2. The fourth-order valence-corrected chi connectivity index (χ4v) is 1.88. The van der Waals surface area contributed by atoms with Crippen LogP contribution in [0.25, 0.3) is 0 Å². The largest absolute Gasteiger partial charge is 0.507 e. The Hall–Kier alpha value is -1.76. The van der Waals surface area contributed by atoms with Gasteiger partial charge in [0.2, 0.25) is 0 Å². The van der Waals surface area contributed by atoms with Gasteiger partial charge in [-0.15, -0.1) is 0 Å². The van der Waals surface area contributed by atoms with Gasteiger partial charge in [0, 0.05) is 12.0 Å². The van der Waals surface area contributed by atoms with Crippen LogP contribution in [-0.4, -0.2) is 5.11 Å². The summed E-state index contributed by atoms with van der Waals surface area (Å²) in [6.07, 6.45) is 0.792. The van der Waals surface area contributed by atoms with Crippen molar-refractivity contribution in [3.05, 3.63) is 64.7 Å². The standard InChI is InChI=1S/C15H16O/c1-11-8-9-12(2)15(16)14(11)10-13-6-4-3-5-7-13/h3-9,16H,10H2,1-2H3. The number of rotatable bonds is 2. The highest BCUT2D eigenvalue weighted by molar-refractivity contribution is 5.46. The first-order chi connectivity index (χ1) is 7.68. The Morgan fingerprint density at radius 1 is 0.875 bits per heavy atom. The van der Waals surface area contributed by atoms with Gasteiger partial charge in [0.1, 0.15) is 5.75 Å². The topological polar surface area (TPSA) is 20.2 Å². The van der Waals surface area contributed by atoms with Crippen LogP contribution in [0.3, 0.4) is 0 Å². The summed E-state index contributed by atoms with van der Waals surface area (Å²) >= 11 is 0. The molecule has 1 nitrogen and oxygen atoms in total. The monoisotopic (exact) mass is 212 g/mol. The molecule has 82 valence electrons. The quantitative estimate of drug-likeness (QED) is 0.806. The summed E-state index contributed by atoms with van der Waals surface area (Å²) in [4.78, 5) is 0. The maximum Gasteiger partial charge on any atom is 0.122 e. The van der Waals surface area contributed by atoms with Crippen LogP contribution in [0.1, 0.15) is 22.3 Å². The van der Waals surface area contributed by atoms with Crippen molar-refractivity contribution in [1.29, 1.82) is 0 Å². The Labute approximate surface area is 96.4 Å². The van der Waals surface area contributed by atoms with Crippen LogP contribution in [0.15, 0.2) is 42.5 Å². The van der Waals surface area contributed by atoms with Crippen LogP contribution in [0.4, 0.5) is 0 Å². The summed E-state index contributed by atoms with van der Waals surface area (Å²) in [7, 11) is 0. The highest BCUT2D eigenvalue weighted by Crippen LogP contribution is 2.27. The molecule has 16 heavy (non-hydrogen) atoms. The maximum atomic E-state index is 10.0. The van der Waals surface area contributed by atoms with E-state index in [1.165, 1.54) is 5.56 Å². The van der Waals surface area contributed by atoms with Crippen LogP contribution in [0.2, 0.25) is 0 Å². The first-order valence-corrected chi connectivity index (χ1v) is 5.50. The summed E-state index contributed by atoms with van der Waals surface area (Å²) in [5.74, 6) is 0.434. The molecule has 0 saturated carbocycles. The van der Waals surface area contributed by atoms with E-state index in [4.69, 9.17) is 0 Å². The molecule has 0 atom stereocenters. The summed E-state index contributed by atoms with van der Waals surface area (Å²) in [5, 5.41) is 10.0. The molecule has 1 heteroatoms. The fourth-order valence-electron chi connectivity index (χ4n) is 1.88. The predicted octanol–water partition coefficient (Wildman–Crippen LogP) is 3.60. The van der Waals surface area contributed by atoms with Gasteiger partial charge in [-0.3, -0.25) is 0 Å². The Balaban J connectivity index is 2.38. The van der Waals surface area contributed by atoms with Gasteiger partial charge in [-0.05, 0) is 30.5 Å². The smallest absolute Gasteiger partial charge is 0.122 e. The highest BCUT2D eigenvalue weighted by atomic mass is 16.3. The molecule has 0 aliphatic heterocycles. The van der Waals surface area contributed by atoms with Crippen molar-refractivity contribution in [3.63, 3.8) is 0 Å². The second kappa shape index (κ2) is 4.40. The number of phenols is 1. The van der Waals surface area contributed by atoms with Gasteiger partial charge >= 0.3 is 0 Å². The van der Waals surface area contributed by atoms with Crippen molar-refractivity contribution in [1.82, 2.24) is 0 Å². The van der Waals surface area contributed by atoms with E-state index < -0.39 is 0 Å². The second-order valence-corrected chi connectivity index (χ2v) is 4.19. The van der Waals surface area contributed by atoms with E-state index in [0.717, 1.165) is 23.1 Å². The average molecular weight is 212 g/mol. The van der Waals surface area contributed by atoms with Gasteiger partial charge in [0.05, 0.1) is 0 Å². The van der Waals surface area contributed by atoms with Crippen molar-refractivity contribution in [2.45, 2.75) is 20.3 Å². The number of phenolic OH excluding ortho intramolecular Hbond substituents is 1. The minimum Gasteiger partial charge on any atom is -0.507 e. The van der Waals surface area contributed by atoms with Crippen molar-refractivity contribution >= 4 is 0 Å². The number of hydrogen-bond donors (Lipinski definition) is 1. The maximum absolute atomic E-state index is 10.0. The molecular weight excluding hydrogens is 196 g/mol. The lowest BCUT2D eigenvalue weighted by molar-refractivity contribution is 0.464. The molecule has 1 N–H and O–H groups in total. The lowest BCUT2D eigenvalue weighted by atomic mass is 9.97. The molecule has 0 aliphatic rings. The van der Waals surface area contributed by atoms with Gasteiger partial charge in [-0.1, -0.05) is 42.5 Å². The third-order valence-electron chi connectivity index (χ3n) is 2.94. The van der Waals surface area contributed by atoms with Gasteiger partial charge in [-0.2, -0.15) is 0 Å². The SMILES string of the molecule is Cc1ccc(C)c(Cc2ccccc2)c1O. The van der Waals surface area contributed by atoms with Crippen molar-refractivity contribution in [2.75, 3.05) is 0 Å². The van der Waals surface area contributed by atoms with Gasteiger partial charge < -0.3 is 5.11 Å². The zero-order valence-electron chi connectivity index (χ0n) is 9.70. The van der Waals surface area contributed by atoms with Gasteiger partial charge in [-0.25, -0.2) is 0 Å². The van der Waals surface area contributed by atoms with Crippen LogP contribution in [0.5, 0.6) is 5.75 Å². The third kappa shape index (κ3) is 2.08. The number of hydrogen-bond acceptors (Lipinski definition) is 1. The zero-order valence-corrected chi connectivity index (χ0v) is 9.70. The molecule has 0 radical (unpaired) electrons. The molecule has 0 fully saturated rings. The molecule has 0 aliphatic carbocycles. The average Bonchev–Trinajstić information content (AvgIpc) is 2.31. The normalized spacial score (nSPS) is 10.4. The van der Waals surface area contributed by atoms with Crippen LogP contribution >= 0.6 is 0 Å². The molecule has 2 aromatic carbocycles. The van der Waals surface area contributed by atoms with Crippen molar-refractivity contribution < 1.29 is 5.11 Å². The van der Waals surface area contributed by atoms with Gasteiger partial charge in [0.15, 0.2) is 0 Å². The Morgan fingerprint density at radius 2 is 1.50 bits per heavy atom. The van der Waals surface area contributed by atoms with E-state index in [2.05, 4.69) is 18.2 Å². The Kier molecular flexibility index (Phi) is 2.95. The van der Waals surface area contributed by atoms with Crippen LogP contribution in [-0.2, 0) is 6.42 Å². The summed E-state index contributed by atoms with van der Waals surface area (Å²) in [6, 6.07) is 14.2. The Bertz CT molecular complexity index is 486. The first kappa shape index (κ1) is 10.7. The van der Waals surface area contributed by atoms with Crippen LogP contribution < -0.4 is 0 Å². The minimum absolute atomic E-state index is 0.434. The van der Waals surface area contributed by atoms with E-state index in [1.54, 1.807) is 0 Å². The molecule has 0 bridgehead atoms. The second-order valence-electron chi connectivity index (χ2n) is 4.19. The van der Waals surface area contributed by atoms with E-state index in [0.29, 0.717) is 5.75 Å². The molecule has 0 aromatic heterocycles. The van der Waals surface area contributed by atoms with Crippen molar-refractivity contribution in [3.8, 4) is 5.75 Å². The predicted molar refractivity (Wildman–Crippen MR) is 66.8 cm³/mol. The van der Waals surface area contributed by atoms with E-state index in [-0.39, 0.29) is 0 Å². The lowest BCUT2D eigenvalue weighted by Gasteiger charge is -2.10. The van der Waals surface area contributed by atoms with E-state index >= 15 is 0 Å². The van der Waals surface area contributed by atoms with Gasteiger partial charge in [0.25, 0.3) is 0 Å². The lowest BCUT2D eigenvalue weighted by Crippen LogP contribution is -1.94. The summed E-state index contributed by atoms with van der Waals surface area (Å²) in [5.41, 5.74) is 4.35. The molecule has 0 saturated heterocycles. The fraction of sp³-hybridized carbons (Fsp3) is 0.200. The molecule has 0 amide bonds. The summed E-state index contributed by atoms with van der Waals surface area (Å²) < 4.78 is 0. The number of aromatic hydroxyl groups is 1. The molecule has 2 rings (SSSR count). The van der Waals surface area contributed by atoms with E-state index in [1.807, 2.05) is 38.1 Å². The molecular formula is C15H16O. The first-order valence-electron chi connectivity index (χ1n) is 5.50. The number of benzene rings is 2. The van der Waals surface area contributed by atoms with E-state index in [9.17, 15) is 5.11 Å². The Morgan fingerprint density at radius 3 is 2.19 bits per heavy atom. The van der Waals surface area contributed by atoms with Crippen LogP contribution in [0, 0.1) is 13.8 Å². The third-order valence-corrected chi connectivity index (χ3v) is 2.94. The molecule has 0 spiro atoms. The molecule has 2 aromatic rings. The zero-order chi connectivity index (χ0) is 11.5. The van der Waals surface area contributed by atoms with Crippen molar-refractivity contribution in [2.24, 2.45) is 0 Å². The minimum atomic E-state index is 0.434. The summed E-state index contributed by atoms with van der Waals surface area (Å²) in [6.45, 7) is 3.97. The molecule has 0 heterocycles.